The van der Waals surface area contributed by atoms with Crippen molar-refractivity contribution in [1.29, 1.82) is 0 Å². The van der Waals surface area contributed by atoms with E-state index in [2.05, 4.69) is 12.2 Å². The smallest absolute Gasteiger partial charge is 0.237 e. The van der Waals surface area contributed by atoms with Crippen LogP contribution in [0.5, 0.6) is 0 Å². The van der Waals surface area contributed by atoms with Gasteiger partial charge in [-0.2, -0.15) is 0 Å². The predicted octanol–water partition coefficient (Wildman–Crippen LogP) is 0.960. The van der Waals surface area contributed by atoms with E-state index < -0.39 is 0 Å². The van der Waals surface area contributed by atoms with Crippen molar-refractivity contribution in [2.75, 3.05) is 20.1 Å². The lowest BCUT2D eigenvalue weighted by Crippen LogP contribution is -2.55. The number of unbranched alkanes of at least 4 members (excludes halogenated alkanes) is 1. The molecule has 0 aliphatic heterocycles. The summed E-state index contributed by atoms with van der Waals surface area (Å²) in [5.74, 6) is 0.0810. The summed E-state index contributed by atoms with van der Waals surface area (Å²) in [6, 6.07) is -0.143. The first-order valence-electron chi connectivity index (χ1n) is 6.07. The second-order valence-corrected chi connectivity index (χ2v) is 4.95. The van der Waals surface area contributed by atoms with Gasteiger partial charge in [-0.1, -0.05) is 13.3 Å². The summed E-state index contributed by atoms with van der Waals surface area (Å²) in [7, 11) is 1.94. The number of nitrogens with one attached hydrogen (secondary N) is 1. The second-order valence-electron chi connectivity index (χ2n) is 4.95. The van der Waals surface area contributed by atoms with Crippen molar-refractivity contribution >= 4 is 5.91 Å². The van der Waals surface area contributed by atoms with Crippen molar-refractivity contribution in [2.45, 2.75) is 52.1 Å². The molecule has 0 aromatic heterocycles. The van der Waals surface area contributed by atoms with E-state index in [1.165, 1.54) is 0 Å². The van der Waals surface area contributed by atoms with Crippen LogP contribution in [0.1, 0.15) is 40.5 Å². The van der Waals surface area contributed by atoms with Crippen LogP contribution in [0, 0.1) is 0 Å². The van der Waals surface area contributed by atoms with E-state index in [0.717, 1.165) is 19.4 Å². The third-order valence-corrected chi connectivity index (χ3v) is 3.24. The monoisotopic (exact) mass is 229 g/mol. The molecule has 16 heavy (non-hydrogen) atoms. The zero-order valence-electron chi connectivity index (χ0n) is 11.3. The first kappa shape index (κ1) is 15.4. The van der Waals surface area contributed by atoms with Crippen molar-refractivity contribution in [2.24, 2.45) is 5.73 Å². The minimum absolute atomic E-state index is 0.0810. The average Bonchev–Trinajstić information content (AvgIpc) is 2.27. The molecule has 0 aromatic carbocycles. The Balaban J connectivity index is 4.21. The molecular formula is C12H27N3O. The van der Waals surface area contributed by atoms with Gasteiger partial charge in [-0.05, 0) is 34.2 Å². The molecule has 1 atom stereocenters. The number of hydrogen-bond donors (Lipinski definition) is 2. The van der Waals surface area contributed by atoms with E-state index in [1.54, 1.807) is 0 Å². The average molecular weight is 229 g/mol. The minimum atomic E-state index is -0.151. The summed E-state index contributed by atoms with van der Waals surface area (Å²) in [4.78, 5) is 13.9. The number of rotatable bonds is 7. The highest BCUT2D eigenvalue weighted by atomic mass is 16.2. The number of nitrogens with zero attached hydrogens (tertiary/aromatic N) is 1. The van der Waals surface area contributed by atoms with E-state index >= 15 is 0 Å². The molecule has 0 aliphatic rings. The molecule has 0 aliphatic carbocycles. The Labute approximate surface area is 99.6 Å². The number of amides is 1. The van der Waals surface area contributed by atoms with Gasteiger partial charge in [0.2, 0.25) is 5.91 Å². The molecule has 0 bridgehead atoms. The van der Waals surface area contributed by atoms with Crippen molar-refractivity contribution in [3.05, 3.63) is 0 Å². The highest BCUT2D eigenvalue weighted by molar-refractivity contribution is 5.81. The summed E-state index contributed by atoms with van der Waals surface area (Å²) in [5, 5.41) is 2.94. The maximum absolute atomic E-state index is 11.8. The van der Waals surface area contributed by atoms with Crippen molar-refractivity contribution in [1.82, 2.24) is 10.2 Å². The summed E-state index contributed by atoms with van der Waals surface area (Å²) < 4.78 is 0. The minimum Gasteiger partial charge on any atom is -0.355 e. The standard InChI is InChI=1S/C12H27N3O/c1-6-7-8-14-11(16)10(2)15(5)12(3,4)9-13/h10H,6-9,13H2,1-5H3,(H,14,16). The molecule has 0 heterocycles. The van der Waals surface area contributed by atoms with Crippen molar-refractivity contribution in [3.8, 4) is 0 Å². The zero-order valence-corrected chi connectivity index (χ0v) is 11.3. The van der Waals surface area contributed by atoms with Crippen LogP contribution in [0.4, 0.5) is 0 Å². The van der Waals surface area contributed by atoms with Gasteiger partial charge >= 0.3 is 0 Å². The van der Waals surface area contributed by atoms with Gasteiger partial charge in [0.25, 0.3) is 0 Å². The number of likely N-dealkylation sites (N-methyl/N-ethyl adjacent to an activating group) is 1. The van der Waals surface area contributed by atoms with E-state index in [-0.39, 0.29) is 17.5 Å². The van der Waals surface area contributed by atoms with Gasteiger partial charge in [-0.25, -0.2) is 0 Å². The largest absolute Gasteiger partial charge is 0.355 e. The Morgan fingerprint density at radius 1 is 1.50 bits per heavy atom. The molecule has 0 saturated carbocycles. The van der Waals surface area contributed by atoms with Gasteiger partial charge in [0.15, 0.2) is 0 Å². The third kappa shape index (κ3) is 4.49. The molecule has 0 radical (unpaired) electrons. The van der Waals surface area contributed by atoms with E-state index in [1.807, 2.05) is 32.7 Å². The van der Waals surface area contributed by atoms with E-state index in [4.69, 9.17) is 5.73 Å². The zero-order chi connectivity index (χ0) is 12.8. The summed E-state index contributed by atoms with van der Waals surface area (Å²) in [5.41, 5.74) is 5.54. The summed E-state index contributed by atoms with van der Waals surface area (Å²) >= 11 is 0. The fraction of sp³-hybridized carbons (Fsp3) is 0.917. The number of nitrogens with two attached hydrogens (primary N) is 1. The quantitative estimate of drug-likeness (QED) is 0.639. The summed E-state index contributed by atoms with van der Waals surface area (Å²) in [6.45, 7) is 9.41. The molecule has 4 heteroatoms. The molecular weight excluding hydrogens is 202 g/mol. The van der Waals surface area contributed by atoms with Crippen LogP contribution in [0.3, 0.4) is 0 Å². The molecule has 1 unspecified atom stereocenters. The van der Waals surface area contributed by atoms with Gasteiger partial charge in [-0.15, -0.1) is 0 Å². The molecule has 0 rings (SSSR count). The number of carbonyl (C=O) groups is 1. The lowest BCUT2D eigenvalue weighted by Gasteiger charge is -2.38. The topological polar surface area (TPSA) is 58.4 Å². The van der Waals surface area contributed by atoms with Crippen LogP contribution in [0.2, 0.25) is 0 Å². The lowest BCUT2D eigenvalue weighted by molar-refractivity contribution is -0.127. The lowest BCUT2D eigenvalue weighted by atomic mass is 10.0. The molecule has 0 aromatic rings. The van der Waals surface area contributed by atoms with Crippen LogP contribution in [0.15, 0.2) is 0 Å². The Kier molecular flexibility index (Phi) is 6.60. The normalized spacial score (nSPS) is 13.9. The third-order valence-electron chi connectivity index (χ3n) is 3.24. The fourth-order valence-corrected chi connectivity index (χ4v) is 1.38. The number of hydrogen-bond acceptors (Lipinski definition) is 3. The van der Waals surface area contributed by atoms with Crippen LogP contribution in [-0.4, -0.2) is 42.5 Å². The molecule has 3 N–H and O–H groups in total. The SMILES string of the molecule is CCCCNC(=O)C(C)N(C)C(C)(C)CN. The highest BCUT2D eigenvalue weighted by Crippen LogP contribution is 2.13. The maximum atomic E-state index is 11.8. The van der Waals surface area contributed by atoms with E-state index in [0.29, 0.717) is 6.54 Å². The second kappa shape index (κ2) is 6.86. The van der Waals surface area contributed by atoms with Gasteiger partial charge < -0.3 is 11.1 Å². The molecule has 1 amide bonds. The Morgan fingerprint density at radius 2 is 2.06 bits per heavy atom. The predicted molar refractivity (Wildman–Crippen MR) is 68.3 cm³/mol. The van der Waals surface area contributed by atoms with Gasteiger partial charge in [0.1, 0.15) is 0 Å². The first-order valence-corrected chi connectivity index (χ1v) is 6.07. The maximum Gasteiger partial charge on any atom is 0.237 e. The summed E-state index contributed by atoms with van der Waals surface area (Å²) in [6.07, 6.45) is 2.13. The molecule has 4 nitrogen and oxygen atoms in total. The number of carbonyl (C=O) groups excluding carboxylic acids is 1. The van der Waals surface area contributed by atoms with Crippen LogP contribution in [0.25, 0.3) is 0 Å². The Bertz CT molecular complexity index is 216. The fourth-order valence-electron chi connectivity index (χ4n) is 1.38. The van der Waals surface area contributed by atoms with E-state index in [9.17, 15) is 4.79 Å². The molecule has 0 spiro atoms. The highest BCUT2D eigenvalue weighted by Gasteiger charge is 2.29. The Hall–Kier alpha value is -0.610. The van der Waals surface area contributed by atoms with Crippen LogP contribution < -0.4 is 11.1 Å². The van der Waals surface area contributed by atoms with Crippen molar-refractivity contribution in [3.63, 3.8) is 0 Å². The van der Waals surface area contributed by atoms with Crippen LogP contribution >= 0.6 is 0 Å². The van der Waals surface area contributed by atoms with Gasteiger partial charge in [-0.3, -0.25) is 9.69 Å². The molecule has 96 valence electrons. The Morgan fingerprint density at radius 3 is 2.50 bits per heavy atom. The van der Waals surface area contributed by atoms with Crippen LogP contribution in [-0.2, 0) is 4.79 Å². The first-order chi connectivity index (χ1) is 7.36. The molecule has 0 fully saturated rings. The van der Waals surface area contributed by atoms with Gasteiger partial charge in [0.05, 0.1) is 6.04 Å². The van der Waals surface area contributed by atoms with Crippen molar-refractivity contribution < 1.29 is 4.79 Å². The van der Waals surface area contributed by atoms with Gasteiger partial charge in [0, 0.05) is 18.6 Å². The molecule has 0 saturated heterocycles.